The van der Waals surface area contributed by atoms with Crippen molar-refractivity contribution < 1.29 is 9.90 Å². The van der Waals surface area contributed by atoms with E-state index in [0.717, 1.165) is 11.3 Å². The molecule has 98 valence electrons. The van der Waals surface area contributed by atoms with E-state index in [2.05, 4.69) is 9.97 Å². The fraction of sp³-hybridized carbons (Fsp3) is 0.214. The molecule has 0 saturated carbocycles. The number of thioether (sulfide) groups is 1. The normalized spacial score (nSPS) is 10.4. The highest BCUT2D eigenvalue weighted by Gasteiger charge is 2.07. The van der Waals surface area contributed by atoms with Crippen LogP contribution in [0.1, 0.15) is 11.3 Å². The van der Waals surface area contributed by atoms with Gasteiger partial charge in [0.25, 0.3) is 0 Å². The minimum absolute atomic E-state index is 0.00376. The minimum atomic E-state index is -0.849. The van der Waals surface area contributed by atoms with Crippen LogP contribution in [-0.4, -0.2) is 26.8 Å². The highest BCUT2D eigenvalue weighted by molar-refractivity contribution is 7.99. The van der Waals surface area contributed by atoms with Gasteiger partial charge in [0.1, 0.15) is 5.03 Å². The molecule has 0 spiro atoms. The maximum Gasteiger partial charge on any atom is 0.313 e. The molecule has 0 amide bonds. The second-order valence-corrected chi connectivity index (χ2v) is 5.22. The smallest absolute Gasteiger partial charge is 0.313 e. The van der Waals surface area contributed by atoms with Gasteiger partial charge in [-0.3, -0.25) is 4.79 Å². The van der Waals surface area contributed by atoms with Gasteiger partial charge in [0.05, 0.1) is 5.75 Å². The van der Waals surface area contributed by atoms with Crippen molar-refractivity contribution in [2.45, 2.75) is 18.9 Å². The van der Waals surface area contributed by atoms with Gasteiger partial charge in [-0.2, -0.15) is 0 Å². The molecule has 0 aliphatic carbocycles. The number of carboxylic acid groups (broad SMARTS) is 1. The highest BCUT2D eigenvalue weighted by atomic mass is 32.2. The van der Waals surface area contributed by atoms with Gasteiger partial charge in [0.2, 0.25) is 0 Å². The number of nitrogens with zero attached hydrogens (tertiary/aromatic N) is 2. The zero-order valence-electron chi connectivity index (χ0n) is 10.8. The Bertz CT molecular complexity index is 597. The maximum absolute atomic E-state index is 10.6. The van der Waals surface area contributed by atoms with Crippen molar-refractivity contribution in [3.63, 3.8) is 0 Å². The Hall–Kier alpha value is -1.88. The molecular weight excluding hydrogens is 260 g/mol. The maximum atomic E-state index is 10.6. The van der Waals surface area contributed by atoms with E-state index in [0.29, 0.717) is 10.9 Å². The topological polar surface area (TPSA) is 63.1 Å². The van der Waals surface area contributed by atoms with E-state index in [1.54, 1.807) is 6.07 Å². The first-order valence-corrected chi connectivity index (χ1v) is 6.80. The van der Waals surface area contributed by atoms with E-state index < -0.39 is 5.97 Å². The van der Waals surface area contributed by atoms with E-state index in [1.807, 2.05) is 38.1 Å². The third-order valence-electron chi connectivity index (χ3n) is 2.48. The Morgan fingerprint density at radius 3 is 2.53 bits per heavy atom. The first kappa shape index (κ1) is 13.5. The number of aromatic nitrogens is 2. The number of aryl methyl sites for hydroxylation is 2. The molecule has 0 fully saturated rings. The molecule has 0 aliphatic rings. The van der Waals surface area contributed by atoms with Gasteiger partial charge in [-0.25, -0.2) is 9.97 Å². The fourth-order valence-corrected chi connectivity index (χ4v) is 2.26. The van der Waals surface area contributed by atoms with Crippen molar-refractivity contribution in [2.75, 3.05) is 5.75 Å². The Morgan fingerprint density at radius 2 is 1.89 bits per heavy atom. The van der Waals surface area contributed by atoms with Crippen LogP contribution < -0.4 is 0 Å². The lowest BCUT2D eigenvalue weighted by Gasteiger charge is -2.05. The molecule has 1 N–H and O–H groups in total. The van der Waals surface area contributed by atoms with Crippen LogP contribution >= 0.6 is 11.8 Å². The van der Waals surface area contributed by atoms with Crippen LogP contribution in [0, 0.1) is 13.8 Å². The molecule has 0 aliphatic heterocycles. The number of carbonyl (C=O) groups is 1. The number of carboxylic acids is 1. The Balaban J connectivity index is 2.30. The molecule has 2 rings (SSSR count). The number of rotatable bonds is 4. The summed E-state index contributed by atoms with van der Waals surface area (Å²) < 4.78 is 0. The molecule has 1 aromatic carbocycles. The van der Waals surface area contributed by atoms with Crippen LogP contribution in [0.25, 0.3) is 11.4 Å². The van der Waals surface area contributed by atoms with Gasteiger partial charge < -0.3 is 5.11 Å². The average molecular weight is 274 g/mol. The molecule has 0 unspecified atom stereocenters. The van der Waals surface area contributed by atoms with E-state index >= 15 is 0 Å². The Kier molecular flexibility index (Phi) is 4.16. The molecule has 0 saturated heterocycles. The Labute approximate surface area is 115 Å². The monoisotopic (exact) mass is 274 g/mol. The van der Waals surface area contributed by atoms with Gasteiger partial charge in [0, 0.05) is 11.3 Å². The van der Waals surface area contributed by atoms with Crippen molar-refractivity contribution in [1.29, 1.82) is 0 Å². The van der Waals surface area contributed by atoms with Crippen LogP contribution in [0.4, 0.5) is 0 Å². The molecule has 0 radical (unpaired) electrons. The van der Waals surface area contributed by atoms with Crippen LogP contribution in [0.3, 0.4) is 0 Å². The first-order chi connectivity index (χ1) is 9.04. The van der Waals surface area contributed by atoms with Gasteiger partial charge in [-0.05, 0) is 19.9 Å². The predicted molar refractivity (Wildman–Crippen MR) is 75.3 cm³/mol. The molecule has 1 heterocycles. The molecule has 0 atom stereocenters. The second-order valence-electron chi connectivity index (χ2n) is 4.22. The van der Waals surface area contributed by atoms with Gasteiger partial charge in [-0.1, -0.05) is 41.6 Å². The molecule has 1 aromatic heterocycles. The van der Waals surface area contributed by atoms with Crippen molar-refractivity contribution >= 4 is 17.7 Å². The number of hydrogen-bond donors (Lipinski definition) is 1. The molecule has 0 bridgehead atoms. The largest absolute Gasteiger partial charge is 0.481 e. The molecular formula is C14H14N2O2S. The minimum Gasteiger partial charge on any atom is -0.481 e. The van der Waals surface area contributed by atoms with Gasteiger partial charge in [-0.15, -0.1) is 0 Å². The summed E-state index contributed by atoms with van der Waals surface area (Å²) in [5.74, 6) is -0.213. The highest BCUT2D eigenvalue weighted by Crippen LogP contribution is 2.21. The summed E-state index contributed by atoms with van der Waals surface area (Å²) in [4.78, 5) is 19.4. The van der Waals surface area contributed by atoms with E-state index in [-0.39, 0.29) is 5.75 Å². The number of benzene rings is 1. The lowest BCUT2D eigenvalue weighted by Crippen LogP contribution is -2.00. The number of aliphatic carboxylic acids is 1. The van der Waals surface area contributed by atoms with Crippen LogP contribution in [0.2, 0.25) is 0 Å². The zero-order valence-corrected chi connectivity index (χ0v) is 11.6. The molecule has 19 heavy (non-hydrogen) atoms. The Morgan fingerprint density at radius 1 is 1.21 bits per heavy atom. The summed E-state index contributed by atoms with van der Waals surface area (Å²) in [7, 11) is 0. The number of hydrogen-bond acceptors (Lipinski definition) is 4. The first-order valence-electron chi connectivity index (χ1n) is 5.82. The van der Waals surface area contributed by atoms with Crippen LogP contribution in [0.5, 0.6) is 0 Å². The SMILES string of the molecule is Cc1ccc(-c2nc(C)cc(SCC(=O)O)n2)cc1. The van der Waals surface area contributed by atoms with Crippen molar-refractivity contribution in [1.82, 2.24) is 9.97 Å². The van der Waals surface area contributed by atoms with Crippen molar-refractivity contribution in [3.05, 3.63) is 41.6 Å². The summed E-state index contributed by atoms with van der Waals surface area (Å²) >= 11 is 1.20. The third-order valence-corrected chi connectivity index (χ3v) is 3.38. The third kappa shape index (κ3) is 3.79. The molecule has 4 nitrogen and oxygen atoms in total. The quantitative estimate of drug-likeness (QED) is 0.686. The summed E-state index contributed by atoms with van der Waals surface area (Å²) in [5.41, 5.74) is 2.95. The van der Waals surface area contributed by atoms with Gasteiger partial charge in [0.15, 0.2) is 5.82 Å². The van der Waals surface area contributed by atoms with Crippen molar-refractivity contribution in [2.24, 2.45) is 0 Å². The molecule has 2 aromatic rings. The summed E-state index contributed by atoms with van der Waals surface area (Å²) in [6, 6.07) is 9.74. The van der Waals surface area contributed by atoms with Crippen molar-refractivity contribution in [3.8, 4) is 11.4 Å². The summed E-state index contributed by atoms with van der Waals surface area (Å²) in [6.45, 7) is 3.90. The van der Waals surface area contributed by atoms with Crippen LogP contribution in [0.15, 0.2) is 35.4 Å². The summed E-state index contributed by atoms with van der Waals surface area (Å²) in [6.07, 6.45) is 0. The average Bonchev–Trinajstić information content (AvgIpc) is 2.36. The summed E-state index contributed by atoms with van der Waals surface area (Å²) in [5, 5.41) is 9.38. The fourth-order valence-electron chi connectivity index (χ4n) is 1.58. The lowest BCUT2D eigenvalue weighted by atomic mass is 10.1. The second kappa shape index (κ2) is 5.84. The zero-order chi connectivity index (χ0) is 13.8. The van der Waals surface area contributed by atoms with E-state index in [9.17, 15) is 4.79 Å². The van der Waals surface area contributed by atoms with Gasteiger partial charge >= 0.3 is 5.97 Å². The lowest BCUT2D eigenvalue weighted by molar-refractivity contribution is -0.133. The molecule has 5 heteroatoms. The predicted octanol–water partition coefficient (Wildman–Crippen LogP) is 2.94. The van der Waals surface area contributed by atoms with E-state index in [4.69, 9.17) is 5.11 Å². The standard InChI is InChI=1S/C14H14N2O2S/c1-9-3-5-11(6-4-9)14-15-10(2)7-12(16-14)19-8-13(17)18/h3-7H,8H2,1-2H3,(H,17,18). The van der Waals surface area contributed by atoms with E-state index in [1.165, 1.54) is 17.3 Å². The van der Waals surface area contributed by atoms with Crippen LogP contribution in [-0.2, 0) is 4.79 Å².